The van der Waals surface area contributed by atoms with Gasteiger partial charge in [-0.2, -0.15) is 0 Å². The van der Waals surface area contributed by atoms with Crippen molar-refractivity contribution in [2.75, 3.05) is 13.2 Å². The van der Waals surface area contributed by atoms with Crippen LogP contribution >= 0.6 is 0 Å². The average molecular weight is 197 g/mol. The predicted octanol–water partition coefficient (Wildman–Crippen LogP) is 1.97. The second-order valence-electron chi connectivity index (χ2n) is 3.47. The Bertz CT molecular complexity index is 256. The molecule has 0 saturated carbocycles. The van der Waals surface area contributed by atoms with E-state index in [0.717, 1.165) is 31.7 Å². The fourth-order valence-electron chi connectivity index (χ4n) is 1.26. The number of ether oxygens (including phenoxy) is 1. The summed E-state index contributed by atoms with van der Waals surface area (Å²) in [6.07, 6.45) is 4.61. The van der Waals surface area contributed by atoms with Crippen molar-refractivity contribution in [3.63, 3.8) is 0 Å². The van der Waals surface area contributed by atoms with Crippen molar-refractivity contribution in [1.82, 2.24) is 4.57 Å². The maximum Gasteiger partial charge on any atom is 0.0776 e. The molecule has 0 aliphatic heterocycles. The van der Waals surface area contributed by atoms with Crippen molar-refractivity contribution in [2.24, 2.45) is 0 Å². The summed E-state index contributed by atoms with van der Waals surface area (Å²) in [6, 6.07) is 1.94. The van der Waals surface area contributed by atoms with E-state index in [0.29, 0.717) is 0 Å². The Morgan fingerprint density at radius 1 is 1.50 bits per heavy atom. The lowest BCUT2D eigenvalue weighted by molar-refractivity contribution is 0.127. The first-order chi connectivity index (χ1) is 6.74. The summed E-state index contributed by atoms with van der Waals surface area (Å²) in [4.78, 5) is 0. The molecule has 0 radical (unpaired) electrons. The molecular weight excluding hydrogens is 178 g/mol. The zero-order valence-electron chi connectivity index (χ0n) is 8.94. The van der Waals surface area contributed by atoms with Gasteiger partial charge in [0.25, 0.3) is 0 Å². The van der Waals surface area contributed by atoms with E-state index in [1.54, 1.807) is 6.92 Å². The highest BCUT2D eigenvalue weighted by Crippen LogP contribution is 2.11. The van der Waals surface area contributed by atoms with Gasteiger partial charge in [-0.1, -0.05) is 6.92 Å². The lowest BCUT2D eigenvalue weighted by Crippen LogP contribution is -2.04. The van der Waals surface area contributed by atoms with E-state index < -0.39 is 0 Å². The van der Waals surface area contributed by atoms with E-state index in [1.165, 1.54) is 0 Å². The Morgan fingerprint density at radius 3 is 2.86 bits per heavy atom. The minimum Gasteiger partial charge on any atom is -0.389 e. The highest BCUT2D eigenvalue weighted by molar-refractivity contribution is 5.12. The Labute approximate surface area is 85.3 Å². The van der Waals surface area contributed by atoms with Crippen molar-refractivity contribution in [3.8, 4) is 0 Å². The van der Waals surface area contributed by atoms with Gasteiger partial charge in [0.2, 0.25) is 0 Å². The third-order valence-electron chi connectivity index (χ3n) is 2.10. The van der Waals surface area contributed by atoms with Crippen LogP contribution in [0.5, 0.6) is 0 Å². The van der Waals surface area contributed by atoms with Crippen molar-refractivity contribution in [2.45, 2.75) is 32.9 Å². The molecule has 0 aliphatic rings. The second-order valence-corrected chi connectivity index (χ2v) is 3.47. The van der Waals surface area contributed by atoms with Crippen molar-refractivity contribution in [3.05, 3.63) is 24.0 Å². The Morgan fingerprint density at radius 2 is 2.29 bits per heavy atom. The first kappa shape index (κ1) is 11.3. The summed E-state index contributed by atoms with van der Waals surface area (Å²) in [5.41, 5.74) is 0.959. The van der Waals surface area contributed by atoms with Gasteiger partial charge in [0.1, 0.15) is 0 Å². The van der Waals surface area contributed by atoms with Gasteiger partial charge < -0.3 is 14.4 Å². The molecule has 3 nitrogen and oxygen atoms in total. The van der Waals surface area contributed by atoms with Crippen LogP contribution in [-0.4, -0.2) is 22.9 Å². The van der Waals surface area contributed by atoms with Crippen LogP contribution in [0.2, 0.25) is 0 Å². The molecule has 1 N–H and O–H groups in total. The summed E-state index contributed by atoms with van der Waals surface area (Å²) in [5, 5.41) is 9.30. The molecule has 1 aromatic rings. The molecule has 0 amide bonds. The van der Waals surface area contributed by atoms with Crippen LogP contribution in [0.3, 0.4) is 0 Å². The summed E-state index contributed by atoms with van der Waals surface area (Å²) in [5.74, 6) is 0. The Hall–Kier alpha value is -0.800. The summed E-state index contributed by atoms with van der Waals surface area (Å²) >= 11 is 0. The molecule has 0 aliphatic carbocycles. The molecule has 0 bridgehead atoms. The molecular formula is C11H19NO2. The van der Waals surface area contributed by atoms with E-state index in [2.05, 4.69) is 6.92 Å². The van der Waals surface area contributed by atoms with Crippen molar-refractivity contribution in [1.29, 1.82) is 0 Å². The maximum absolute atomic E-state index is 9.30. The lowest BCUT2D eigenvalue weighted by atomic mass is 10.2. The average Bonchev–Trinajstić information content (AvgIpc) is 2.61. The summed E-state index contributed by atoms with van der Waals surface area (Å²) < 4.78 is 7.41. The largest absolute Gasteiger partial charge is 0.389 e. The van der Waals surface area contributed by atoms with Gasteiger partial charge in [-0.25, -0.2) is 0 Å². The van der Waals surface area contributed by atoms with Gasteiger partial charge in [-0.3, -0.25) is 0 Å². The number of hydrogen-bond acceptors (Lipinski definition) is 2. The van der Waals surface area contributed by atoms with Gasteiger partial charge in [-0.15, -0.1) is 0 Å². The van der Waals surface area contributed by atoms with Crippen LogP contribution in [0.15, 0.2) is 18.5 Å². The third-order valence-corrected chi connectivity index (χ3v) is 2.10. The number of rotatable bonds is 6. The molecule has 1 atom stereocenters. The predicted molar refractivity (Wildman–Crippen MR) is 56.2 cm³/mol. The maximum atomic E-state index is 9.30. The number of aliphatic hydroxyl groups is 1. The topological polar surface area (TPSA) is 34.4 Å². The van der Waals surface area contributed by atoms with Crippen LogP contribution in [0.4, 0.5) is 0 Å². The minimum absolute atomic E-state index is 0.382. The number of aromatic nitrogens is 1. The zero-order valence-corrected chi connectivity index (χ0v) is 8.94. The fraction of sp³-hybridized carbons (Fsp3) is 0.636. The third kappa shape index (κ3) is 3.52. The normalized spacial score (nSPS) is 13.1. The lowest BCUT2D eigenvalue weighted by Gasteiger charge is -2.04. The van der Waals surface area contributed by atoms with E-state index in [1.807, 2.05) is 23.0 Å². The molecule has 80 valence electrons. The van der Waals surface area contributed by atoms with Crippen LogP contribution in [0.1, 0.15) is 31.9 Å². The molecule has 0 spiro atoms. The van der Waals surface area contributed by atoms with Crippen LogP contribution < -0.4 is 0 Å². The molecule has 1 heterocycles. The highest BCUT2D eigenvalue weighted by atomic mass is 16.5. The van der Waals surface area contributed by atoms with Crippen molar-refractivity contribution < 1.29 is 9.84 Å². The Balaban J connectivity index is 2.29. The standard InChI is InChI=1S/C11H19NO2/c1-3-7-14-8-6-12-5-4-11(9-12)10(2)13/h4-5,9-10,13H,3,6-8H2,1-2H3. The first-order valence-electron chi connectivity index (χ1n) is 5.15. The van der Waals surface area contributed by atoms with Gasteiger partial charge in [0.15, 0.2) is 0 Å². The molecule has 3 heteroatoms. The first-order valence-corrected chi connectivity index (χ1v) is 5.15. The van der Waals surface area contributed by atoms with E-state index in [4.69, 9.17) is 4.74 Å². The molecule has 14 heavy (non-hydrogen) atoms. The van der Waals surface area contributed by atoms with E-state index in [9.17, 15) is 5.11 Å². The number of nitrogens with zero attached hydrogens (tertiary/aromatic N) is 1. The van der Waals surface area contributed by atoms with Crippen molar-refractivity contribution >= 4 is 0 Å². The van der Waals surface area contributed by atoms with Crippen LogP contribution in [-0.2, 0) is 11.3 Å². The molecule has 1 rings (SSSR count). The van der Waals surface area contributed by atoms with Gasteiger partial charge in [0.05, 0.1) is 12.7 Å². The molecule has 1 aromatic heterocycles. The monoisotopic (exact) mass is 197 g/mol. The van der Waals surface area contributed by atoms with E-state index >= 15 is 0 Å². The minimum atomic E-state index is -0.382. The highest BCUT2D eigenvalue weighted by Gasteiger charge is 2.01. The quantitative estimate of drug-likeness (QED) is 0.707. The fourth-order valence-corrected chi connectivity index (χ4v) is 1.26. The number of hydrogen-bond donors (Lipinski definition) is 1. The Kier molecular flexibility index (Phi) is 4.70. The van der Waals surface area contributed by atoms with E-state index in [-0.39, 0.29) is 6.10 Å². The van der Waals surface area contributed by atoms with Gasteiger partial charge in [-0.05, 0) is 25.0 Å². The SMILES string of the molecule is CCCOCCn1ccc(C(C)O)c1. The molecule has 0 aromatic carbocycles. The van der Waals surface area contributed by atoms with Gasteiger partial charge in [0, 0.05) is 25.5 Å². The molecule has 0 saturated heterocycles. The smallest absolute Gasteiger partial charge is 0.0776 e. The summed E-state index contributed by atoms with van der Waals surface area (Å²) in [7, 11) is 0. The molecule has 0 fully saturated rings. The van der Waals surface area contributed by atoms with Crippen LogP contribution in [0.25, 0.3) is 0 Å². The van der Waals surface area contributed by atoms with Crippen LogP contribution in [0, 0.1) is 0 Å². The second kappa shape index (κ2) is 5.83. The zero-order chi connectivity index (χ0) is 10.4. The molecule has 1 unspecified atom stereocenters. The van der Waals surface area contributed by atoms with Gasteiger partial charge >= 0.3 is 0 Å². The number of aliphatic hydroxyl groups excluding tert-OH is 1. The summed E-state index contributed by atoms with van der Waals surface area (Å²) in [6.45, 7) is 6.29.